The number of rotatable bonds is 4. The van der Waals surface area contributed by atoms with E-state index in [1.165, 1.54) is 17.4 Å². The predicted molar refractivity (Wildman–Crippen MR) is 81.6 cm³/mol. The Bertz CT molecular complexity index is 669. The van der Waals surface area contributed by atoms with Gasteiger partial charge in [-0.2, -0.15) is 0 Å². The largest absolute Gasteiger partial charge is 0.398 e. The minimum atomic E-state index is -3.64. The molecule has 4 nitrogen and oxygen atoms in total. The highest BCUT2D eigenvalue weighted by Crippen LogP contribution is 2.26. The van der Waals surface area contributed by atoms with Gasteiger partial charge in [0, 0.05) is 9.35 Å². The number of anilines is 1. The van der Waals surface area contributed by atoms with E-state index < -0.39 is 10.0 Å². The number of halogens is 1. The van der Waals surface area contributed by atoms with Gasteiger partial charge in [0.2, 0.25) is 10.0 Å². The van der Waals surface area contributed by atoms with Gasteiger partial charge in [-0.25, -0.2) is 13.1 Å². The number of benzene rings is 1. The van der Waals surface area contributed by atoms with E-state index in [0.717, 1.165) is 4.88 Å². The quantitative estimate of drug-likeness (QED) is 0.822. The molecule has 0 spiro atoms. The smallest absolute Gasteiger partial charge is 0.243 e. The van der Waals surface area contributed by atoms with Crippen molar-refractivity contribution < 1.29 is 8.42 Å². The highest BCUT2D eigenvalue weighted by Gasteiger charge is 2.21. The lowest BCUT2D eigenvalue weighted by atomic mass is 10.3. The van der Waals surface area contributed by atoms with Gasteiger partial charge in [0.05, 0.1) is 11.7 Å². The molecule has 0 amide bonds. The van der Waals surface area contributed by atoms with Crippen LogP contribution >= 0.6 is 27.3 Å². The predicted octanol–water partition coefficient (Wildman–Crippen LogP) is 3.13. The Kier molecular flexibility index (Phi) is 4.29. The van der Waals surface area contributed by atoms with Gasteiger partial charge >= 0.3 is 0 Å². The van der Waals surface area contributed by atoms with Crippen molar-refractivity contribution in [3.05, 3.63) is 45.1 Å². The van der Waals surface area contributed by atoms with E-state index in [0.29, 0.717) is 4.47 Å². The molecule has 0 aliphatic carbocycles. The maximum Gasteiger partial charge on any atom is 0.243 e. The van der Waals surface area contributed by atoms with Crippen LogP contribution in [0.3, 0.4) is 0 Å². The molecular weight excluding hydrogens is 348 g/mol. The van der Waals surface area contributed by atoms with Gasteiger partial charge < -0.3 is 5.73 Å². The van der Waals surface area contributed by atoms with Crippen LogP contribution in [0.25, 0.3) is 0 Å². The summed E-state index contributed by atoms with van der Waals surface area (Å²) in [6.07, 6.45) is 0. The first-order chi connectivity index (χ1) is 8.90. The van der Waals surface area contributed by atoms with Crippen molar-refractivity contribution >= 4 is 43.0 Å². The average Bonchev–Trinajstić information content (AvgIpc) is 2.85. The molecule has 3 N–H and O–H groups in total. The molecule has 0 saturated heterocycles. The van der Waals surface area contributed by atoms with Gasteiger partial charge in [-0.3, -0.25) is 0 Å². The van der Waals surface area contributed by atoms with Crippen LogP contribution in [0.5, 0.6) is 0 Å². The van der Waals surface area contributed by atoms with Crippen LogP contribution in [0, 0.1) is 0 Å². The molecule has 0 aliphatic rings. The zero-order chi connectivity index (χ0) is 14.0. The monoisotopic (exact) mass is 360 g/mol. The molecule has 2 rings (SSSR count). The Morgan fingerprint density at radius 3 is 2.74 bits per heavy atom. The van der Waals surface area contributed by atoms with Crippen LogP contribution < -0.4 is 10.5 Å². The van der Waals surface area contributed by atoms with E-state index in [9.17, 15) is 8.42 Å². The van der Waals surface area contributed by atoms with E-state index in [-0.39, 0.29) is 16.6 Å². The molecule has 0 saturated carbocycles. The first-order valence-corrected chi connectivity index (χ1v) is 8.66. The molecule has 0 aliphatic heterocycles. The Labute approximate surface area is 124 Å². The number of nitrogen functional groups attached to an aromatic ring is 1. The maximum atomic E-state index is 12.3. The van der Waals surface area contributed by atoms with Crippen LogP contribution in [0.4, 0.5) is 5.69 Å². The third-order valence-corrected chi connectivity index (χ3v) is 5.71. The van der Waals surface area contributed by atoms with Crippen molar-refractivity contribution in [2.24, 2.45) is 0 Å². The van der Waals surface area contributed by atoms with Gasteiger partial charge in [-0.15, -0.1) is 11.3 Å². The lowest BCUT2D eigenvalue weighted by Crippen LogP contribution is -2.27. The van der Waals surface area contributed by atoms with Crippen molar-refractivity contribution in [2.45, 2.75) is 17.9 Å². The van der Waals surface area contributed by atoms with Crippen molar-refractivity contribution in [2.75, 3.05) is 5.73 Å². The Morgan fingerprint density at radius 2 is 2.11 bits per heavy atom. The summed E-state index contributed by atoms with van der Waals surface area (Å²) in [6, 6.07) is 8.26. The standard InChI is InChI=1S/C12H13BrN2O2S2/c1-8(11-3-2-6-18-11)15-19(16,17)12-7-9(13)4-5-10(12)14/h2-8,15H,14H2,1H3. The van der Waals surface area contributed by atoms with Crippen LogP contribution in [0.2, 0.25) is 0 Å². The van der Waals surface area contributed by atoms with Crippen molar-refractivity contribution in [3.8, 4) is 0 Å². The summed E-state index contributed by atoms with van der Waals surface area (Å²) < 4.78 is 27.9. The molecule has 7 heteroatoms. The fourth-order valence-corrected chi connectivity index (χ4v) is 4.33. The topological polar surface area (TPSA) is 72.2 Å². The molecule has 0 bridgehead atoms. The second-order valence-corrected chi connectivity index (χ2v) is 7.62. The first kappa shape index (κ1) is 14.5. The molecule has 2 aromatic rings. The van der Waals surface area contributed by atoms with E-state index in [4.69, 9.17) is 5.73 Å². The Balaban J connectivity index is 2.30. The summed E-state index contributed by atoms with van der Waals surface area (Å²) in [5.41, 5.74) is 5.96. The molecule has 1 heterocycles. The summed E-state index contributed by atoms with van der Waals surface area (Å²) in [7, 11) is -3.64. The highest BCUT2D eigenvalue weighted by molar-refractivity contribution is 9.10. The number of hydrogen-bond acceptors (Lipinski definition) is 4. The zero-order valence-corrected chi connectivity index (χ0v) is 13.3. The normalized spacial score (nSPS) is 13.4. The van der Waals surface area contributed by atoms with Crippen LogP contribution in [-0.2, 0) is 10.0 Å². The van der Waals surface area contributed by atoms with Gasteiger partial charge in [0.25, 0.3) is 0 Å². The lowest BCUT2D eigenvalue weighted by molar-refractivity contribution is 0.569. The van der Waals surface area contributed by atoms with Crippen molar-refractivity contribution in [1.29, 1.82) is 0 Å². The van der Waals surface area contributed by atoms with Crippen molar-refractivity contribution in [1.82, 2.24) is 4.72 Å². The molecule has 1 unspecified atom stereocenters. The maximum absolute atomic E-state index is 12.3. The fourth-order valence-electron chi connectivity index (χ4n) is 1.63. The zero-order valence-electron chi connectivity index (χ0n) is 10.1. The summed E-state index contributed by atoms with van der Waals surface area (Å²) in [4.78, 5) is 1.04. The van der Waals surface area contributed by atoms with Gasteiger partial charge in [0.1, 0.15) is 4.90 Å². The van der Waals surface area contributed by atoms with Crippen LogP contribution in [0.15, 0.2) is 45.1 Å². The summed E-state index contributed by atoms with van der Waals surface area (Å²) in [6.45, 7) is 1.80. The molecule has 0 radical (unpaired) electrons. The third kappa shape index (κ3) is 3.36. The van der Waals surface area contributed by atoms with Crippen LogP contribution in [-0.4, -0.2) is 8.42 Å². The lowest BCUT2D eigenvalue weighted by Gasteiger charge is -2.14. The molecule has 102 valence electrons. The van der Waals surface area contributed by atoms with Gasteiger partial charge in [0.15, 0.2) is 0 Å². The van der Waals surface area contributed by atoms with Crippen LogP contribution in [0.1, 0.15) is 17.8 Å². The number of nitrogens with two attached hydrogens (primary N) is 1. The number of thiophene rings is 1. The summed E-state index contributed by atoms with van der Waals surface area (Å²) in [5, 5.41) is 1.91. The Morgan fingerprint density at radius 1 is 1.37 bits per heavy atom. The number of hydrogen-bond donors (Lipinski definition) is 2. The summed E-state index contributed by atoms with van der Waals surface area (Å²) in [5.74, 6) is 0. The molecule has 19 heavy (non-hydrogen) atoms. The van der Waals surface area contributed by atoms with Gasteiger partial charge in [-0.05, 0) is 36.6 Å². The first-order valence-electron chi connectivity index (χ1n) is 5.51. The van der Waals surface area contributed by atoms with E-state index in [1.54, 1.807) is 19.1 Å². The van der Waals surface area contributed by atoms with E-state index in [1.807, 2.05) is 17.5 Å². The Hall–Kier alpha value is -0.890. The second-order valence-electron chi connectivity index (χ2n) is 4.04. The summed E-state index contributed by atoms with van der Waals surface area (Å²) >= 11 is 4.75. The molecule has 1 atom stereocenters. The average molecular weight is 361 g/mol. The second kappa shape index (κ2) is 5.62. The van der Waals surface area contributed by atoms with Crippen molar-refractivity contribution in [3.63, 3.8) is 0 Å². The SMILES string of the molecule is CC(NS(=O)(=O)c1cc(Br)ccc1N)c1cccs1. The molecule has 0 fully saturated rings. The highest BCUT2D eigenvalue weighted by atomic mass is 79.9. The molecule has 1 aromatic heterocycles. The minimum absolute atomic E-state index is 0.0882. The van der Waals surface area contributed by atoms with E-state index >= 15 is 0 Å². The number of nitrogens with one attached hydrogen (secondary N) is 1. The number of sulfonamides is 1. The molecular formula is C12H13BrN2O2S2. The van der Waals surface area contributed by atoms with Gasteiger partial charge in [-0.1, -0.05) is 22.0 Å². The third-order valence-electron chi connectivity index (χ3n) is 2.57. The van der Waals surface area contributed by atoms with E-state index in [2.05, 4.69) is 20.7 Å². The minimum Gasteiger partial charge on any atom is -0.398 e. The fraction of sp³-hybridized carbons (Fsp3) is 0.167. The molecule has 1 aromatic carbocycles.